The van der Waals surface area contributed by atoms with Crippen molar-refractivity contribution in [3.8, 4) is 0 Å². The van der Waals surface area contributed by atoms with E-state index in [9.17, 15) is 0 Å². The first-order valence-corrected chi connectivity index (χ1v) is 4.24. The molecule has 0 amide bonds. The van der Waals surface area contributed by atoms with Gasteiger partial charge in [0.1, 0.15) is 5.82 Å². The van der Waals surface area contributed by atoms with E-state index in [1.165, 1.54) is 0 Å². The van der Waals surface area contributed by atoms with Crippen LogP contribution < -0.4 is 11.1 Å². The lowest BCUT2D eigenvalue weighted by atomic mass is 10.2. The molecule has 12 heavy (non-hydrogen) atoms. The maximum Gasteiger partial charge on any atom is 0.126 e. The van der Waals surface area contributed by atoms with Gasteiger partial charge >= 0.3 is 0 Å². The maximum absolute atomic E-state index is 5.66. The number of hydrogen-bond donors (Lipinski definition) is 2. The van der Waals surface area contributed by atoms with Crippen molar-refractivity contribution >= 4 is 5.82 Å². The lowest BCUT2D eigenvalue weighted by Gasteiger charge is -2.03. The Labute approximate surface area is 73.0 Å². The van der Waals surface area contributed by atoms with Crippen molar-refractivity contribution in [2.75, 3.05) is 18.8 Å². The van der Waals surface area contributed by atoms with Crippen molar-refractivity contribution in [1.29, 1.82) is 0 Å². The van der Waals surface area contributed by atoms with Crippen LogP contribution >= 0.6 is 0 Å². The van der Waals surface area contributed by atoms with Crippen molar-refractivity contribution < 1.29 is 0 Å². The largest absolute Gasteiger partial charge is 0.383 e. The van der Waals surface area contributed by atoms with Crippen LogP contribution in [0.2, 0.25) is 0 Å². The minimum Gasteiger partial charge on any atom is -0.383 e. The first-order chi connectivity index (χ1) is 5.84. The van der Waals surface area contributed by atoms with Gasteiger partial charge in [0.25, 0.3) is 0 Å². The topological polar surface area (TPSA) is 50.9 Å². The zero-order valence-electron chi connectivity index (χ0n) is 7.38. The van der Waals surface area contributed by atoms with Crippen LogP contribution in [0.1, 0.15) is 12.5 Å². The number of anilines is 1. The van der Waals surface area contributed by atoms with Gasteiger partial charge in [-0.05, 0) is 31.1 Å². The van der Waals surface area contributed by atoms with Crippen molar-refractivity contribution in [2.24, 2.45) is 0 Å². The predicted molar refractivity (Wildman–Crippen MR) is 50.9 cm³/mol. The number of hydrogen-bond acceptors (Lipinski definition) is 3. The molecule has 0 aliphatic rings. The van der Waals surface area contributed by atoms with Gasteiger partial charge in [0.05, 0.1) is 0 Å². The third-order valence-corrected chi connectivity index (χ3v) is 1.75. The summed E-state index contributed by atoms with van der Waals surface area (Å²) >= 11 is 0. The van der Waals surface area contributed by atoms with Crippen LogP contribution in [0.15, 0.2) is 18.3 Å². The van der Waals surface area contributed by atoms with Crippen LogP contribution in [0.25, 0.3) is 0 Å². The molecule has 0 aliphatic heterocycles. The second-order valence-electron chi connectivity index (χ2n) is 2.65. The standard InChI is InChI=1S/C9H15N3/c1-2-11-7-5-8-4-3-6-12-9(8)10/h3-4,6,11H,2,5,7H2,1H3,(H2,10,12). The van der Waals surface area contributed by atoms with Gasteiger partial charge in [-0.3, -0.25) is 0 Å². The lowest BCUT2D eigenvalue weighted by molar-refractivity contribution is 0.716. The Balaban J connectivity index is 2.46. The van der Waals surface area contributed by atoms with Gasteiger partial charge < -0.3 is 11.1 Å². The molecule has 1 rings (SSSR count). The van der Waals surface area contributed by atoms with Crippen molar-refractivity contribution in [3.63, 3.8) is 0 Å². The smallest absolute Gasteiger partial charge is 0.126 e. The molecule has 1 aromatic rings. The lowest BCUT2D eigenvalue weighted by Crippen LogP contribution is -2.16. The summed E-state index contributed by atoms with van der Waals surface area (Å²) in [7, 11) is 0. The summed E-state index contributed by atoms with van der Waals surface area (Å²) in [6, 6.07) is 3.93. The zero-order valence-corrected chi connectivity index (χ0v) is 7.38. The molecule has 0 atom stereocenters. The minimum atomic E-state index is 0.649. The highest BCUT2D eigenvalue weighted by Crippen LogP contribution is 2.06. The third kappa shape index (κ3) is 2.51. The van der Waals surface area contributed by atoms with E-state index < -0.39 is 0 Å². The number of likely N-dealkylation sites (N-methyl/N-ethyl adjacent to an activating group) is 1. The molecular weight excluding hydrogens is 150 g/mol. The van der Waals surface area contributed by atoms with Gasteiger partial charge in [-0.2, -0.15) is 0 Å². The van der Waals surface area contributed by atoms with Crippen LogP contribution in [0.4, 0.5) is 5.82 Å². The highest BCUT2D eigenvalue weighted by molar-refractivity contribution is 5.38. The van der Waals surface area contributed by atoms with Crippen LogP contribution in [0, 0.1) is 0 Å². The minimum absolute atomic E-state index is 0.649. The summed E-state index contributed by atoms with van der Waals surface area (Å²) in [5, 5.41) is 3.24. The highest BCUT2D eigenvalue weighted by Gasteiger charge is 1.96. The zero-order chi connectivity index (χ0) is 8.81. The molecule has 0 saturated heterocycles. The van der Waals surface area contributed by atoms with Crippen molar-refractivity contribution in [3.05, 3.63) is 23.9 Å². The summed E-state index contributed by atoms with van der Waals surface area (Å²) < 4.78 is 0. The van der Waals surface area contributed by atoms with E-state index in [1.807, 2.05) is 12.1 Å². The molecule has 0 spiro atoms. The average Bonchev–Trinajstić information content (AvgIpc) is 2.09. The molecule has 0 bridgehead atoms. The van der Waals surface area contributed by atoms with E-state index in [1.54, 1.807) is 6.20 Å². The second-order valence-corrected chi connectivity index (χ2v) is 2.65. The number of aromatic nitrogens is 1. The molecule has 3 heteroatoms. The van der Waals surface area contributed by atoms with Gasteiger partial charge in [-0.25, -0.2) is 4.98 Å². The highest BCUT2D eigenvalue weighted by atomic mass is 14.8. The van der Waals surface area contributed by atoms with E-state index in [4.69, 9.17) is 5.73 Å². The van der Waals surface area contributed by atoms with Crippen LogP contribution in [-0.4, -0.2) is 18.1 Å². The fourth-order valence-corrected chi connectivity index (χ4v) is 1.06. The normalized spacial score (nSPS) is 10.1. The average molecular weight is 165 g/mol. The van der Waals surface area contributed by atoms with Gasteiger partial charge in [-0.15, -0.1) is 0 Å². The van der Waals surface area contributed by atoms with E-state index in [-0.39, 0.29) is 0 Å². The Bertz CT molecular complexity index is 235. The Kier molecular flexibility index (Phi) is 3.54. The molecule has 3 nitrogen and oxygen atoms in total. The van der Waals surface area contributed by atoms with E-state index in [2.05, 4.69) is 17.2 Å². The molecule has 0 aromatic carbocycles. The van der Waals surface area contributed by atoms with Crippen molar-refractivity contribution in [2.45, 2.75) is 13.3 Å². The summed E-state index contributed by atoms with van der Waals surface area (Å²) in [6.07, 6.45) is 2.67. The third-order valence-electron chi connectivity index (χ3n) is 1.75. The molecular formula is C9H15N3. The predicted octanol–water partition coefficient (Wildman–Crippen LogP) is 0.816. The van der Waals surface area contributed by atoms with Gasteiger partial charge in [0.2, 0.25) is 0 Å². The molecule has 3 N–H and O–H groups in total. The fourth-order valence-electron chi connectivity index (χ4n) is 1.06. The summed E-state index contributed by atoms with van der Waals surface area (Å²) in [6.45, 7) is 4.05. The molecule has 0 unspecified atom stereocenters. The Morgan fingerprint density at radius 2 is 2.42 bits per heavy atom. The Morgan fingerprint density at radius 1 is 1.58 bits per heavy atom. The van der Waals surface area contributed by atoms with Crippen LogP contribution in [-0.2, 0) is 6.42 Å². The number of nitrogens with zero attached hydrogens (tertiary/aromatic N) is 1. The van der Waals surface area contributed by atoms with E-state index in [0.717, 1.165) is 25.1 Å². The first kappa shape index (κ1) is 9.00. The molecule has 0 aliphatic carbocycles. The molecule has 0 radical (unpaired) electrons. The Morgan fingerprint density at radius 3 is 3.08 bits per heavy atom. The number of rotatable bonds is 4. The number of nitrogens with one attached hydrogen (secondary N) is 1. The monoisotopic (exact) mass is 165 g/mol. The molecule has 1 aromatic heterocycles. The molecule has 1 heterocycles. The van der Waals surface area contributed by atoms with Crippen LogP contribution in [0.3, 0.4) is 0 Å². The summed E-state index contributed by atoms with van der Waals surface area (Å²) in [5.41, 5.74) is 6.79. The number of nitrogens with two attached hydrogens (primary N) is 1. The SMILES string of the molecule is CCNCCc1cccnc1N. The van der Waals surface area contributed by atoms with Gasteiger partial charge in [0, 0.05) is 6.20 Å². The molecule has 0 fully saturated rings. The summed E-state index contributed by atoms with van der Waals surface area (Å²) in [4.78, 5) is 4.01. The summed E-state index contributed by atoms with van der Waals surface area (Å²) in [5.74, 6) is 0.649. The van der Waals surface area contributed by atoms with Gasteiger partial charge in [0.15, 0.2) is 0 Å². The number of pyridine rings is 1. The van der Waals surface area contributed by atoms with E-state index >= 15 is 0 Å². The van der Waals surface area contributed by atoms with E-state index in [0.29, 0.717) is 5.82 Å². The quantitative estimate of drug-likeness (QED) is 0.649. The van der Waals surface area contributed by atoms with Crippen LogP contribution in [0.5, 0.6) is 0 Å². The van der Waals surface area contributed by atoms with Gasteiger partial charge in [-0.1, -0.05) is 13.0 Å². The number of nitrogen functional groups attached to an aromatic ring is 1. The first-order valence-electron chi connectivity index (χ1n) is 4.24. The van der Waals surface area contributed by atoms with Crippen molar-refractivity contribution in [1.82, 2.24) is 10.3 Å². The maximum atomic E-state index is 5.66. The Hall–Kier alpha value is -1.09. The fraction of sp³-hybridized carbons (Fsp3) is 0.444. The molecule has 0 saturated carbocycles. The molecule has 66 valence electrons. The second kappa shape index (κ2) is 4.72.